The fourth-order valence-electron chi connectivity index (χ4n) is 4.60. The highest BCUT2D eigenvalue weighted by molar-refractivity contribution is 5.94. The van der Waals surface area contributed by atoms with Crippen molar-refractivity contribution in [2.45, 2.75) is 25.3 Å². The number of hydrogen-bond acceptors (Lipinski definition) is 4. The molecule has 0 radical (unpaired) electrons. The second-order valence-electron chi connectivity index (χ2n) is 8.37. The van der Waals surface area contributed by atoms with Gasteiger partial charge in [0.15, 0.2) is 5.69 Å². The Hall–Kier alpha value is -3.03. The summed E-state index contributed by atoms with van der Waals surface area (Å²) in [5.41, 5.74) is 4.37. The Balaban J connectivity index is 1.42. The molecule has 1 saturated heterocycles. The number of ether oxygens (including phenoxy) is 1. The highest BCUT2D eigenvalue weighted by Crippen LogP contribution is 2.28. The zero-order valence-corrected chi connectivity index (χ0v) is 18.0. The minimum atomic E-state index is -0.288. The van der Waals surface area contributed by atoms with E-state index in [1.54, 1.807) is 16.8 Å². The molecule has 7 heteroatoms. The molecule has 5 rings (SSSR count). The van der Waals surface area contributed by atoms with Gasteiger partial charge in [-0.1, -0.05) is 30.3 Å². The van der Waals surface area contributed by atoms with Gasteiger partial charge in [-0.05, 0) is 49.1 Å². The van der Waals surface area contributed by atoms with E-state index < -0.39 is 0 Å². The molecule has 2 aliphatic rings. The predicted octanol–water partition coefficient (Wildman–Crippen LogP) is 3.30. The molecule has 1 atom stereocenters. The molecule has 0 bridgehead atoms. The highest BCUT2D eigenvalue weighted by Gasteiger charge is 2.29. The van der Waals surface area contributed by atoms with E-state index >= 15 is 0 Å². The van der Waals surface area contributed by atoms with Crippen LogP contribution in [0.25, 0.3) is 5.69 Å². The van der Waals surface area contributed by atoms with Crippen LogP contribution in [0.1, 0.15) is 39.8 Å². The van der Waals surface area contributed by atoms with Gasteiger partial charge in [0, 0.05) is 30.9 Å². The molecule has 1 aliphatic carbocycles. The van der Waals surface area contributed by atoms with Crippen molar-refractivity contribution >= 4 is 5.91 Å². The fourth-order valence-corrected chi connectivity index (χ4v) is 4.60. The summed E-state index contributed by atoms with van der Waals surface area (Å²) in [7, 11) is 0. The zero-order chi connectivity index (χ0) is 21.9. The molecule has 1 N–H and O–H groups in total. The number of rotatable bonds is 6. The van der Waals surface area contributed by atoms with Gasteiger partial charge in [0.1, 0.15) is 5.82 Å². The van der Waals surface area contributed by atoms with Crippen LogP contribution >= 0.6 is 0 Å². The number of fused-ring (bicyclic) bond motifs is 1. The van der Waals surface area contributed by atoms with Crippen molar-refractivity contribution in [3.8, 4) is 5.69 Å². The van der Waals surface area contributed by atoms with Crippen LogP contribution in [0.5, 0.6) is 0 Å². The number of nitrogens with zero attached hydrogens (tertiary/aromatic N) is 3. The summed E-state index contributed by atoms with van der Waals surface area (Å²) in [4.78, 5) is 15.8. The summed E-state index contributed by atoms with van der Waals surface area (Å²) in [6.45, 7) is 3.86. The fraction of sp³-hybridized carbons (Fsp3) is 0.360. The van der Waals surface area contributed by atoms with Crippen LogP contribution in [0.4, 0.5) is 4.39 Å². The Morgan fingerprint density at radius 1 is 1.06 bits per heavy atom. The van der Waals surface area contributed by atoms with Crippen LogP contribution in [0.3, 0.4) is 0 Å². The average molecular weight is 435 g/mol. The number of halogens is 1. The highest BCUT2D eigenvalue weighted by atomic mass is 19.1. The first kappa shape index (κ1) is 20.8. The van der Waals surface area contributed by atoms with Gasteiger partial charge >= 0.3 is 0 Å². The lowest BCUT2D eigenvalue weighted by Gasteiger charge is -2.31. The van der Waals surface area contributed by atoms with E-state index in [1.165, 1.54) is 12.1 Å². The standard InChI is InChI=1S/C25H27FN4O2/c26-19-9-11-20(12-10-19)30-23-8-4-7-21(23)24(28-30)25(31)27-22(18-5-2-1-3-6-18)17-29-13-15-32-16-14-29/h1-3,5-6,9-12,22H,4,7-8,13-17H2,(H,27,31). The second-order valence-corrected chi connectivity index (χ2v) is 8.37. The molecule has 166 valence electrons. The Morgan fingerprint density at radius 3 is 2.56 bits per heavy atom. The predicted molar refractivity (Wildman–Crippen MR) is 119 cm³/mol. The Kier molecular flexibility index (Phi) is 6.01. The number of carbonyl (C=O) groups is 1. The third-order valence-electron chi connectivity index (χ3n) is 6.27. The third kappa shape index (κ3) is 4.31. The van der Waals surface area contributed by atoms with Crippen molar-refractivity contribution in [1.29, 1.82) is 0 Å². The second kappa shape index (κ2) is 9.22. The smallest absolute Gasteiger partial charge is 0.272 e. The molecule has 6 nitrogen and oxygen atoms in total. The molecule has 1 unspecified atom stereocenters. The molecule has 1 amide bonds. The van der Waals surface area contributed by atoms with Gasteiger partial charge in [0.2, 0.25) is 0 Å². The topological polar surface area (TPSA) is 59.4 Å². The summed E-state index contributed by atoms with van der Waals surface area (Å²) >= 11 is 0. The van der Waals surface area contributed by atoms with Gasteiger partial charge in [-0.25, -0.2) is 9.07 Å². The van der Waals surface area contributed by atoms with Gasteiger partial charge in [0.05, 0.1) is 24.9 Å². The van der Waals surface area contributed by atoms with Crippen molar-refractivity contribution in [1.82, 2.24) is 20.0 Å². The maximum atomic E-state index is 13.4. The summed E-state index contributed by atoms with van der Waals surface area (Å²) in [6, 6.07) is 16.2. The summed E-state index contributed by atoms with van der Waals surface area (Å²) in [6.07, 6.45) is 2.69. The first-order valence-corrected chi connectivity index (χ1v) is 11.2. The van der Waals surface area contributed by atoms with E-state index in [-0.39, 0.29) is 17.8 Å². The van der Waals surface area contributed by atoms with Crippen LogP contribution < -0.4 is 5.32 Å². The average Bonchev–Trinajstić information content (AvgIpc) is 3.44. The van der Waals surface area contributed by atoms with E-state index in [0.717, 1.165) is 61.4 Å². The van der Waals surface area contributed by atoms with Crippen molar-refractivity contribution < 1.29 is 13.9 Å². The monoisotopic (exact) mass is 434 g/mol. The molecular formula is C25H27FN4O2. The lowest BCUT2D eigenvalue weighted by Crippen LogP contribution is -2.43. The lowest BCUT2D eigenvalue weighted by atomic mass is 10.1. The van der Waals surface area contributed by atoms with Gasteiger partial charge < -0.3 is 10.1 Å². The molecular weight excluding hydrogens is 407 g/mol. The van der Waals surface area contributed by atoms with Crippen LogP contribution in [0, 0.1) is 5.82 Å². The molecule has 3 aromatic rings. The van der Waals surface area contributed by atoms with Gasteiger partial charge in [0.25, 0.3) is 5.91 Å². The van der Waals surface area contributed by atoms with Crippen molar-refractivity contribution in [2.24, 2.45) is 0 Å². The minimum absolute atomic E-state index is 0.144. The minimum Gasteiger partial charge on any atom is -0.379 e. The Morgan fingerprint density at radius 2 is 1.81 bits per heavy atom. The molecule has 1 aliphatic heterocycles. The van der Waals surface area contributed by atoms with E-state index in [9.17, 15) is 9.18 Å². The zero-order valence-electron chi connectivity index (χ0n) is 18.0. The van der Waals surface area contributed by atoms with Crippen LogP contribution in [-0.2, 0) is 17.6 Å². The number of nitrogens with one attached hydrogen (secondary N) is 1. The first-order chi connectivity index (χ1) is 15.7. The number of hydrogen-bond donors (Lipinski definition) is 1. The maximum absolute atomic E-state index is 13.4. The Labute approximate surface area is 187 Å². The van der Waals surface area contributed by atoms with Gasteiger partial charge in [-0.3, -0.25) is 9.69 Å². The Bertz CT molecular complexity index is 1080. The van der Waals surface area contributed by atoms with E-state index in [2.05, 4.69) is 15.3 Å². The molecule has 2 heterocycles. The van der Waals surface area contributed by atoms with E-state index in [1.807, 2.05) is 30.3 Å². The lowest BCUT2D eigenvalue weighted by molar-refractivity contribution is 0.0332. The third-order valence-corrected chi connectivity index (χ3v) is 6.27. The number of benzene rings is 2. The summed E-state index contributed by atoms with van der Waals surface area (Å²) in [5.74, 6) is -0.449. The summed E-state index contributed by atoms with van der Waals surface area (Å²) < 4.78 is 20.7. The molecule has 1 fully saturated rings. The SMILES string of the molecule is O=C(NC(CN1CCOCC1)c1ccccc1)c1nn(-c2ccc(F)cc2)c2c1CCC2. The van der Waals surface area contributed by atoms with Crippen molar-refractivity contribution in [3.63, 3.8) is 0 Å². The molecule has 2 aromatic carbocycles. The van der Waals surface area contributed by atoms with Crippen LogP contribution in [-0.4, -0.2) is 53.4 Å². The molecule has 1 aromatic heterocycles. The van der Waals surface area contributed by atoms with E-state index in [0.29, 0.717) is 18.9 Å². The molecule has 32 heavy (non-hydrogen) atoms. The molecule has 0 saturated carbocycles. The van der Waals surface area contributed by atoms with Crippen molar-refractivity contribution in [2.75, 3.05) is 32.8 Å². The van der Waals surface area contributed by atoms with Crippen molar-refractivity contribution in [3.05, 3.63) is 82.9 Å². The maximum Gasteiger partial charge on any atom is 0.272 e. The number of amides is 1. The first-order valence-electron chi connectivity index (χ1n) is 11.2. The largest absolute Gasteiger partial charge is 0.379 e. The number of carbonyl (C=O) groups excluding carboxylic acids is 1. The summed E-state index contributed by atoms with van der Waals surface area (Å²) in [5, 5.41) is 7.92. The normalized spacial score (nSPS) is 17.2. The van der Waals surface area contributed by atoms with Crippen LogP contribution in [0.2, 0.25) is 0 Å². The quantitative estimate of drug-likeness (QED) is 0.647. The van der Waals surface area contributed by atoms with Crippen LogP contribution in [0.15, 0.2) is 54.6 Å². The van der Waals surface area contributed by atoms with Gasteiger partial charge in [-0.15, -0.1) is 0 Å². The van der Waals surface area contributed by atoms with E-state index in [4.69, 9.17) is 4.74 Å². The number of morpholine rings is 1. The van der Waals surface area contributed by atoms with Gasteiger partial charge in [-0.2, -0.15) is 5.10 Å². The molecule has 0 spiro atoms. The number of aromatic nitrogens is 2.